The topological polar surface area (TPSA) is 52.9 Å². The van der Waals surface area contributed by atoms with Gasteiger partial charge < -0.3 is 5.32 Å². The van der Waals surface area contributed by atoms with Crippen molar-refractivity contribution in [3.63, 3.8) is 0 Å². The van der Waals surface area contributed by atoms with Crippen LogP contribution in [0.2, 0.25) is 0 Å². The number of carbonyl (C=O) groups is 1. The molecular formula is C13H14F2N2O. The first-order chi connectivity index (χ1) is 8.51. The molecule has 0 aliphatic rings. The SMILES string of the molecule is CCC(CC#N)NC(=O)c1c(F)ccc(C)c1F. The molecule has 0 bridgehead atoms. The monoisotopic (exact) mass is 252 g/mol. The number of hydrogen-bond donors (Lipinski definition) is 1. The first-order valence-electron chi connectivity index (χ1n) is 5.63. The van der Waals surface area contributed by atoms with Gasteiger partial charge in [0.2, 0.25) is 0 Å². The van der Waals surface area contributed by atoms with Crippen LogP contribution < -0.4 is 5.32 Å². The van der Waals surface area contributed by atoms with Crippen LogP contribution in [0.1, 0.15) is 35.7 Å². The maximum Gasteiger partial charge on any atom is 0.257 e. The molecule has 0 radical (unpaired) electrons. The molecule has 0 aliphatic heterocycles. The summed E-state index contributed by atoms with van der Waals surface area (Å²) in [6, 6.07) is 3.84. The summed E-state index contributed by atoms with van der Waals surface area (Å²) < 4.78 is 27.1. The molecule has 1 rings (SSSR count). The molecule has 0 aliphatic carbocycles. The first kappa shape index (κ1) is 14.1. The molecule has 1 atom stereocenters. The van der Waals surface area contributed by atoms with E-state index in [2.05, 4.69) is 5.32 Å². The summed E-state index contributed by atoms with van der Waals surface area (Å²) in [5.41, 5.74) is -0.388. The van der Waals surface area contributed by atoms with Crippen LogP contribution in [-0.4, -0.2) is 11.9 Å². The Kier molecular flexibility index (Phi) is 4.78. The summed E-state index contributed by atoms with van der Waals surface area (Å²) in [7, 11) is 0. The van der Waals surface area contributed by atoms with E-state index in [1.165, 1.54) is 13.0 Å². The molecule has 0 saturated carbocycles. The third-order valence-electron chi connectivity index (χ3n) is 2.68. The average molecular weight is 252 g/mol. The molecular weight excluding hydrogens is 238 g/mol. The predicted molar refractivity (Wildman–Crippen MR) is 62.9 cm³/mol. The standard InChI is InChI=1S/C13H14F2N2O/c1-3-9(6-7-16)17-13(18)11-10(14)5-4-8(2)12(11)15/h4-5,9H,3,6H2,1-2H3,(H,17,18). The number of nitriles is 1. The van der Waals surface area contributed by atoms with E-state index in [0.29, 0.717) is 6.42 Å². The Hall–Kier alpha value is -1.96. The number of rotatable bonds is 4. The zero-order chi connectivity index (χ0) is 13.7. The quantitative estimate of drug-likeness (QED) is 0.895. The Balaban J connectivity index is 2.98. The fourth-order valence-corrected chi connectivity index (χ4v) is 1.53. The van der Waals surface area contributed by atoms with Gasteiger partial charge in [0.1, 0.15) is 17.2 Å². The predicted octanol–water partition coefficient (Wildman–Crippen LogP) is 2.70. The Morgan fingerprint density at radius 1 is 1.50 bits per heavy atom. The molecule has 1 amide bonds. The number of benzene rings is 1. The van der Waals surface area contributed by atoms with Crippen molar-refractivity contribution in [1.29, 1.82) is 5.26 Å². The van der Waals surface area contributed by atoms with Crippen molar-refractivity contribution >= 4 is 5.91 Å². The van der Waals surface area contributed by atoms with Gasteiger partial charge in [-0.15, -0.1) is 0 Å². The van der Waals surface area contributed by atoms with Crippen LogP contribution in [0.5, 0.6) is 0 Å². The van der Waals surface area contributed by atoms with E-state index in [4.69, 9.17) is 5.26 Å². The zero-order valence-corrected chi connectivity index (χ0v) is 10.3. The van der Waals surface area contributed by atoms with E-state index < -0.39 is 29.1 Å². The molecule has 0 saturated heterocycles. The molecule has 96 valence electrons. The van der Waals surface area contributed by atoms with E-state index in [-0.39, 0.29) is 12.0 Å². The first-order valence-corrected chi connectivity index (χ1v) is 5.63. The summed E-state index contributed by atoms with van der Waals surface area (Å²) in [6.45, 7) is 3.24. The van der Waals surface area contributed by atoms with Crippen molar-refractivity contribution < 1.29 is 13.6 Å². The molecule has 0 aromatic heterocycles. The molecule has 5 heteroatoms. The Morgan fingerprint density at radius 3 is 2.72 bits per heavy atom. The van der Waals surface area contributed by atoms with Gasteiger partial charge in [-0.25, -0.2) is 8.78 Å². The minimum absolute atomic E-state index is 0.108. The average Bonchev–Trinajstić information content (AvgIpc) is 2.34. The van der Waals surface area contributed by atoms with Crippen molar-refractivity contribution in [2.45, 2.75) is 32.7 Å². The number of nitrogens with one attached hydrogen (secondary N) is 1. The van der Waals surface area contributed by atoms with E-state index >= 15 is 0 Å². The summed E-state index contributed by atoms with van der Waals surface area (Å²) in [6.07, 6.45) is 0.631. The van der Waals surface area contributed by atoms with Crippen molar-refractivity contribution in [3.05, 3.63) is 34.9 Å². The smallest absolute Gasteiger partial charge is 0.257 e. The van der Waals surface area contributed by atoms with Gasteiger partial charge in [-0.1, -0.05) is 13.0 Å². The van der Waals surface area contributed by atoms with E-state index in [9.17, 15) is 13.6 Å². The normalized spacial score (nSPS) is 11.7. The molecule has 1 aromatic carbocycles. The minimum Gasteiger partial charge on any atom is -0.348 e. The van der Waals surface area contributed by atoms with Crippen molar-refractivity contribution in [1.82, 2.24) is 5.32 Å². The van der Waals surface area contributed by atoms with Gasteiger partial charge >= 0.3 is 0 Å². The summed E-state index contributed by atoms with van der Waals surface area (Å²) in [4.78, 5) is 11.8. The van der Waals surface area contributed by atoms with Crippen LogP contribution in [0, 0.1) is 29.9 Å². The Labute approximate surface area is 104 Å². The number of carbonyl (C=O) groups excluding carboxylic acids is 1. The summed E-state index contributed by atoms with van der Waals surface area (Å²) in [5, 5.41) is 11.0. The highest BCUT2D eigenvalue weighted by Gasteiger charge is 2.21. The van der Waals surface area contributed by atoms with Crippen LogP contribution in [0.25, 0.3) is 0 Å². The highest BCUT2D eigenvalue weighted by molar-refractivity contribution is 5.95. The maximum atomic E-state index is 13.7. The lowest BCUT2D eigenvalue weighted by Gasteiger charge is -2.14. The number of amides is 1. The van der Waals surface area contributed by atoms with Gasteiger partial charge in [0.25, 0.3) is 5.91 Å². The lowest BCUT2D eigenvalue weighted by molar-refractivity contribution is 0.0928. The fourth-order valence-electron chi connectivity index (χ4n) is 1.53. The maximum absolute atomic E-state index is 13.7. The van der Waals surface area contributed by atoms with Gasteiger partial charge in [-0.05, 0) is 25.0 Å². The van der Waals surface area contributed by atoms with Gasteiger partial charge in [0.15, 0.2) is 0 Å². The van der Waals surface area contributed by atoms with Crippen LogP contribution in [-0.2, 0) is 0 Å². The lowest BCUT2D eigenvalue weighted by Crippen LogP contribution is -2.35. The minimum atomic E-state index is -0.901. The second-order valence-electron chi connectivity index (χ2n) is 3.99. The van der Waals surface area contributed by atoms with E-state index in [1.54, 1.807) is 6.92 Å². The van der Waals surface area contributed by atoms with Crippen molar-refractivity contribution in [2.24, 2.45) is 0 Å². The zero-order valence-electron chi connectivity index (χ0n) is 10.3. The highest BCUT2D eigenvalue weighted by atomic mass is 19.1. The van der Waals surface area contributed by atoms with Crippen LogP contribution >= 0.6 is 0 Å². The largest absolute Gasteiger partial charge is 0.348 e. The number of hydrogen-bond acceptors (Lipinski definition) is 2. The highest BCUT2D eigenvalue weighted by Crippen LogP contribution is 2.16. The Bertz CT molecular complexity index is 494. The summed E-state index contributed by atoms with van der Waals surface area (Å²) >= 11 is 0. The number of aryl methyl sites for hydroxylation is 1. The van der Waals surface area contributed by atoms with E-state index in [1.807, 2.05) is 6.07 Å². The third kappa shape index (κ3) is 3.04. The van der Waals surface area contributed by atoms with Crippen molar-refractivity contribution in [3.8, 4) is 6.07 Å². The Morgan fingerprint density at radius 2 is 2.17 bits per heavy atom. The molecule has 1 aromatic rings. The lowest BCUT2D eigenvalue weighted by atomic mass is 10.1. The van der Waals surface area contributed by atoms with E-state index in [0.717, 1.165) is 6.07 Å². The molecule has 0 spiro atoms. The molecule has 3 nitrogen and oxygen atoms in total. The number of halogens is 2. The summed E-state index contributed by atoms with van der Waals surface area (Å²) in [5.74, 6) is -2.59. The van der Waals surface area contributed by atoms with Crippen LogP contribution in [0.3, 0.4) is 0 Å². The van der Waals surface area contributed by atoms with Gasteiger partial charge in [-0.3, -0.25) is 4.79 Å². The van der Waals surface area contributed by atoms with Gasteiger partial charge in [-0.2, -0.15) is 5.26 Å². The van der Waals surface area contributed by atoms with Crippen LogP contribution in [0.15, 0.2) is 12.1 Å². The molecule has 1 N–H and O–H groups in total. The third-order valence-corrected chi connectivity index (χ3v) is 2.68. The molecule has 1 unspecified atom stereocenters. The van der Waals surface area contributed by atoms with Crippen molar-refractivity contribution in [2.75, 3.05) is 0 Å². The molecule has 0 fully saturated rings. The number of nitrogens with zero attached hydrogens (tertiary/aromatic N) is 1. The second kappa shape index (κ2) is 6.10. The van der Waals surface area contributed by atoms with Crippen LogP contribution in [0.4, 0.5) is 8.78 Å². The van der Waals surface area contributed by atoms with Gasteiger partial charge in [0, 0.05) is 6.04 Å². The second-order valence-corrected chi connectivity index (χ2v) is 3.99. The molecule has 0 heterocycles. The van der Waals surface area contributed by atoms with Gasteiger partial charge in [0.05, 0.1) is 12.5 Å². The fraction of sp³-hybridized carbons (Fsp3) is 0.385. The molecule has 18 heavy (non-hydrogen) atoms.